The summed E-state index contributed by atoms with van der Waals surface area (Å²) in [6.07, 6.45) is 2.40. The van der Waals surface area contributed by atoms with Crippen LogP contribution in [0, 0.1) is 13.8 Å². The lowest BCUT2D eigenvalue weighted by atomic mass is 10.1. The Labute approximate surface area is 175 Å². The lowest BCUT2D eigenvalue weighted by molar-refractivity contribution is 0.0931. The minimum absolute atomic E-state index is 0.0623. The number of likely N-dealkylation sites (N-methyl/N-ethyl adjacent to an activating group) is 1. The summed E-state index contributed by atoms with van der Waals surface area (Å²) in [7, 11) is 1.86. The van der Waals surface area contributed by atoms with Crippen molar-refractivity contribution in [3.63, 3.8) is 0 Å². The molecule has 1 aliphatic heterocycles. The first-order chi connectivity index (χ1) is 14.4. The topological polar surface area (TPSA) is 80.2 Å². The summed E-state index contributed by atoms with van der Waals surface area (Å²) in [5.74, 6) is 0.616. The van der Waals surface area contributed by atoms with Crippen molar-refractivity contribution in [2.24, 2.45) is 0 Å². The van der Waals surface area contributed by atoms with Gasteiger partial charge in [-0.1, -0.05) is 12.1 Å². The number of benzene rings is 1. The van der Waals surface area contributed by atoms with Crippen LogP contribution >= 0.6 is 0 Å². The molecule has 0 radical (unpaired) electrons. The maximum absolute atomic E-state index is 13.0. The summed E-state index contributed by atoms with van der Waals surface area (Å²) in [5.41, 5.74) is 3.31. The smallest absolute Gasteiger partial charge is 0.258 e. The molecule has 2 aromatic heterocycles. The second kappa shape index (κ2) is 8.53. The predicted molar refractivity (Wildman–Crippen MR) is 116 cm³/mol. The van der Waals surface area contributed by atoms with Gasteiger partial charge in [0, 0.05) is 30.1 Å². The second-order valence-electron chi connectivity index (χ2n) is 8.16. The van der Waals surface area contributed by atoms with E-state index in [-0.39, 0.29) is 24.0 Å². The van der Waals surface area contributed by atoms with Crippen LogP contribution in [0.4, 0.5) is 0 Å². The number of ether oxygens (including phenoxy) is 1. The normalized spacial score (nSPS) is 16.6. The van der Waals surface area contributed by atoms with Crippen molar-refractivity contribution in [3.05, 3.63) is 63.5 Å². The minimum Gasteiger partial charge on any atom is -0.376 e. The number of nitrogens with zero attached hydrogens (tertiary/aromatic N) is 3. The SMILES string of the molecule is Cc1cc(C(=O)CN(C)Cc2nc3ccccc3c(=O)[nH]2)c(C)n1CC1CCCO1. The Morgan fingerprint density at radius 3 is 2.90 bits per heavy atom. The monoisotopic (exact) mass is 408 g/mol. The second-order valence-corrected chi connectivity index (χ2v) is 8.16. The lowest BCUT2D eigenvalue weighted by Crippen LogP contribution is -2.28. The van der Waals surface area contributed by atoms with E-state index in [0.717, 1.165) is 42.9 Å². The van der Waals surface area contributed by atoms with Crippen molar-refractivity contribution in [2.45, 2.75) is 45.9 Å². The molecule has 7 nitrogen and oxygen atoms in total. The Hall–Kier alpha value is -2.77. The first-order valence-electron chi connectivity index (χ1n) is 10.4. The fourth-order valence-corrected chi connectivity index (χ4v) is 4.21. The number of rotatable bonds is 7. The van der Waals surface area contributed by atoms with Crippen molar-refractivity contribution in [1.29, 1.82) is 0 Å². The number of fused-ring (bicyclic) bond motifs is 1. The van der Waals surface area contributed by atoms with Crippen LogP contribution < -0.4 is 5.56 Å². The standard InChI is InChI=1S/C23H28N4O3/c1-15-11-19(16(2)27(15)12-17-7-6-10-30-17)21(28)13-26(3)14-22-24-20-9-5-4-8-18(20)23(29)25-22/h4-5,8-9,11,17H,6-7,10,12-14H2,1-3H3,(H,24,25,29). The summed E-state index contributed by atoms with van der Waals surface area (Å²) >= 11 is 0. The van der Waals surface area contributed by atoms with Gasteiger partial charge in [0.25, 0.3) is 5.56 Å². The molecule has 1 fully saturated rings. The number of hydrogen-bond acceptors (Lipinski definition) is 5. The molecule has 1 aliphatic rings. The Kier molecular flexibility index (Phi) is 5.83. The van der Waals surface area contributed by atoms with E-state index in [0.29, 0.717) is 23.3 Å². The van der Waals surface area contributed by atoms with Gasteiger partial charge < -0.3 is 14.3 Å². The molecule has 4 rings (SSSR count). The highest BCUT2D eigenvalue weighted by Crippen LogP contribution is 2.21. The molecule has 158 valence electrons. The Morgan fingerprint density at radius 1 is 1.33 bits per heavy atom. The number of carbonyl (C=O) groups is 1. The van der Waals surface area contributed by atoms with Crippen LogP contribution in [0.3, 0.4) is 0 Å². The first kappa shape index (κ1) is 20.5. The fourth-order valence-electron chi connectivity index (χ4n) is 4.21. The molecule has 0 aliphatic carbocycles. The van der Waals surface area contributed by atoms with E-state index >= 15 is 0 Å². The highest BCUT2D eigenvalue weighted by atomic mass is 16.5. The molecule has 1 aromatic carbocycles. The maximum atomic E-state index is 13.0. The van der Waals surface area contributed by atoms with E-state index in [9.17, 15) is 9.59 Å². The lowest BCUT2D eigenvalue weighted by Gasteiger charge is -2.16. The van der Waals surface area contributed by atoms with E-state index in [1.165, 1.54) is 0 Å². The minimum atomic E-state index is -0.159. The molecular formula is C23H28N4O3. The molecule has 0 amide bonds. The van der Waals surface area contributed by atoms with Gasteiger partial charge in [-0.05, 0) is 51.9 Å². The number of Topliss-reactive ketones (excluding diaryl/α,β-unsaturated/α-hetero) is 1. The van der Waals surface area contributed by atoms with Crippen LogP contribution in [-0.2, 0) is 17.8 Å². The number of aryl methyl sites for hydroxylation is 1. The van der Waals surface area contributed by atoms with Gasteiger partial charge in [0.2, 0.25) is 0 Å². The van der Waals surface area contributed by atoms with Crippen molar-refractivity contribution < 1.29 is 9.53 Å². The number of carbonyl (C=O) groups excluding carboxylic acids is 1. The molecular weight excluding hydrogens is 380 g/mol. The van der Waals surface area contributed by atoms with Crippen LogP contribution in [-0.4, -0.2) is 51.5 Å². The van der Waals surface area contributed by atoms with Crippen LogP contribution in [0.15, 0.2) is 35.1 Å². The molecule has 3 aromatic rings. The van der Waals surface area contributed by atoms with Crippen LogP contribution in [0.5, 0.6) is 0 Å². The zero-order chi connectivity index (χ0) is 21.3. The number of aromatic nitrogens is 3. The van der Waals surface area contributed by atoms with Crippen LogP contribution in [0.1, 0.15) is 40.4 Å². The number of H-pyrrole nitrogens is 1. The fraction of sp³-hybridized carbons (Fsp3) is 0.435. The summed E-state index contributed by atoms with van der Waals surface area (Å²) < 4.78 is 7.94. The number of para-hydroxylation sites is 1. The molecule has 1 unspecified atom stereocenters. The molecule has 0 bridgehead atoms. The molecule has 30 heavy (non-hydrogen) atoms. The van der Waals surface area contributed by atoms with Crippen LogP contribution in [0.25, 0.3) is 10.9 Å². The average Bonchev–Trinajstić information content (AvgIpc) is 3.31. The van der Waals surface area contributed by atoms with Crippen molar-refractivity contribution in [2.75, 3.05) is 20.2 Å². The van der Waals surface area contributed by atoms with Crippen molar-refractivity contribution in [1.82, 2.24) is 19.4 Å². The highest BCUT2D eigenvalue weighted by molar-refractivity contribution is 5.99. The molecule has 1 atom stereocenters. The number of nitrogens with one attached hydrogen (secondary N) is 1. The van der Waals surface area contributed by atoms with E-state index in [1.807, 2.05) is 50.1 Å². The third-order valence-corrected chi connectivity index (χ3v) is 5.78. The third kappa shape index (κ3) is 4.22. The van der Waals surface area contributed by atoms with E-state index in [4.69, 9.17) is 4.74 Å². The van der Waals surface area contributed by atoms with Crippen molar-refractivity contribution in [3.8, 4) is 0 Å². The summed E-state index contributed by atoms with van der Waals surface area (Å²) in [6.45, 7) is 6.29. The quantitative estimate of drug-likeness (QED) is 0.608. The Balaban J connectivity index is 1.45. The van der Waals surface area contributed by atoms with Gasteiger partial charge in [-0.2, -0.15) is 0 Å². The van der Waals surface area contributed by atoms with Gasteiger partial charge in [0.15, 0.2) is 5.78 Å². The zero-order valence-electron chi connectivity index (χ0n) is 17.8. The molecule has 0 spiro atoms. The first-order valence-corrected chi connectivity index (χ1v) is 10.4. The van der Waals surface area contributed by atoms with Gasteiger partial charge >= 0.3 is 0 Å². The van der Waals surface area contributed by atoms with Crippen molar-refractivity contribution >= 4 is 16.7 Å². The highest BCUT2D eigenvalue weighted by Gasteiger charge is 2.21. The molecule has 0 saturated carbocycles. The summed E-state index contributed by atoms with van der Waals surface area (Å²) in [4.78, 5) is 34.4. The summed E-state index contributed by atoms with van der Waals surface area (Å²) in [6, 6.07) is 9.22. The van der Waals surface area contributed by atoms with Gasteiger partial charge in [0.1, 0.15) is 5.82 Å². The largest absolute Gasteiger partial charge is 0.376 e. The number of hydrogen-bond donors (Lipinski definition) is 1. The number of ketones is 1. The number of aromatic amines is 1. The molecule has 3 heterocycles. The Morgan fingerprint density at radius 2 is 2.13 bits per heavy atom. The molecule has 7 heteroatoms. The third-order valence-electron chi connectivity index (χ3n) is 5.78. The zero-order valence-corrected chi connectivity index (χ0v) is 17.8. The summed E-state index contributed by atoms with van der Waals surface area (Å²) in [5, 5.41) is 0.568. The predicted octanol–water partition coefficient (Wildman–Crippen LogP) is 2.84. The van der Waals surface area contributed by atoms with E-state index in [1.54, 1.807) is 6.07 Å². The Bertz CT molecular complexity index is 1130. The van der Waals surface area contributed by atoms with Gasteiger partial charge in [-0.25, -0.2) is 4.98 Å². The van der Waals surface area contributed by atoms with Gasteiger partial charge in [0.05, 0.1) is 30.1 Å². The molecule has 1 N–H and O–H groups in total. The van der Waals surface area contributed by atoms with Crippen LogP contribution in [0.2, 0.25) is 0 Å². The maximum Gasteiger partial charge on any atom is 0.258 e. The van der Waals surface area contributed by atoms with E-state index in [2.05, 4.69) is 14.5 Å². The molecule has 1 saturated heterocycles. The van der Waals surface area contributed by atoms with Gasteiger partial charge in [-0.15, -0.1) is 0 Å². The average molecular weight is 409 g/mol. The van der Waals surface area contributed by atoms with Gasteiger partial charge in [-0.3, -0.25) is 14.5 Å². The van der Waals surface area contributed by atoms with E-state index < -0.39 is 0 Å².